The molecule has 4 rings (SSSR count). The van der Waals surface area contributed by atoms with Crippen LogP contribution in [0.15, 0.2) is 36.4 Å². The fourth-order valence-electron chi connectivity index (χ4n) is 4.01. The van der Waals surface area contributed by atoms with Crippen molar-refractivity contribution in [1.29, 1.82) is 0 Å². The molecule has 2 aromatic rings. The number of methoxy groups -OCH3 is 1. The van der Waals surface area contributed by atoms with Crippen molar-refractivity contribution in [1.82, 2.24) is 10.6 Å². The number of ether oxygens (including phenoxy) is 2. The highest BCUT2D eigenvalue weighted by Gasteiger charge is 2.39. The van der Waals surface area contributed by atoms with Crippen LogP contribution < -0.4 is 20.1 Å². The maximum absolute atomic E-state index is 12.8. The third-order valence-corrected chi connectivity index (χ3v) is 5.89. The van der Waals surface area contributed by atoms with E-state index in [0.717, 1.165) is 12.0 Å². The monoisotopic (exact) mass is 410 g/mol. The molecular weight excluding hydrogens is 384 g/mol. The molecule has 0 spiro atoms. The van der Waals surface area contributed by atoms with Crippen molar-refractivity contribution in [2.75, 3.05) is 20.8 Å². The Bertz CT molecular complexity index is 990. The van der Waals surface area contributed by atoms with Gasteiger partial charge in [0.1, 0.15) is 17.6 Å². The minimum absolute atomic E-state index is 0.171. The number of aliphatic hydroxyl groups is 1. The van der Waals surface area contributed by atoms with Gasteiger partial charge in [-0.25, -0.2) is 0 Å². The number of hydrogen-bond acceptors (Lipinski definition) is 5. The number of hydrogen-bond donors (Lipinski definition) is 3. The number of benzene rings is 2. The van der Waals surface area contributed by atoms with E-state index in [1.54, 1.807) is 19.2 Å². The van der Waals surface area contributed by atoms with Gasteiger partial charge in [0.05, 0.1) is 25.2 Å². The molecule has 1 aliphatic carbocycles. The SMILES string of the molecule is CNC(=O)c1cc(C(=O)N[C@H]2C[C@@H]2C)cc2c1O[C@H](CO)[C@H]2c1cccc(OC)c1. The van der Waals surface area contributed by atoms with E-state index in [-0.39, 0.29) is 35.9 Å². The van der Waals surface area contributed by atoms with Crippen LogP contribution in [0.3, 0.4) is 0 Å². The predicted molar refractivity (Wildman–Crippen MR) is 111 cm³/mol. The van der Waals surface area contributed by atoms with Crippen molar-refractivity contribution in [2.45, 2.75) is 31.4 Å². The molecule has 4 atom stereocenters. The lowest BCUT2D eigenvalue weighted by molar-refractivity contribution is 0.0947. The summed E-state index contributed by atoms with van der Waals surface area (Å²) in [6.45, 7) is 1.85. The minimum Gasteiger partial charge on any atom is -0.497 e. The lowest BCUT2D eigenvalue weighted by Crippen LogP contribution is -2.27. The smallest absolute Gasteiger partial charge is 0.254 e. The van der Waals surface area contributed by atoms with E-state index in [0.29, 0.717) is 28.5 Å². The van der Waals surface area contributed by atoms with Crippen LogP contribution in [0, 0.1) is 5.92 Å². The largest absolute Gasteiger partial charge is 0.497 e. The lowest BCUT2D eigenvalue weighted by Gasteiger charge is -2.18. The van der Waals surface area contributed by atoms with Crippen LogP contribution in [-0.4, -0.2) is 49.8 Å². The molecule has 1 heterocycles. The Morgan fingerprint density at radius 3 is 2.63 bits per heavy atom. The van der Waals surface area contributed by atoms with E-state index in [1.165, 1.54) is 7.05 Å². The van der Waals surface area contributed by atoms with Crippen LogP contribution in [-0.2, 0) is 0 Å². The van der Waals surface area contributed by atoms with Gasteiger partial charge in [-0.2, -0.15) is 0 Å². The highest BCUT2D eigenvalue weighted by molar-refractivity contribution is 6.02. The summed E-state index contributed by atoms with van der Waals surface area (Å²) in [4.78, 5) is 25.4. The Kier molecular flexibility index (Phi) is 5.39. The van der Waals surface area contributed by atoms with Gasteiger partial charge in [-0.1, -0.05) is 19.1 Å². The fourth-order valence-corrected chi connectivity index (χ4v) is 4.01. The molecule has 2 aromatic carbocycles. The molecule has 0 bridgehead atoms. The summed E-state index contributed by atoms with van der Waals surface area (Å²) in [6.07, 6.45) is 0.387. The number of carbonyl (C=O) groups excluding carboxylic acids is 2. The second kappa shape index (κ2) is 7.99. The normalized spacial score (nSPS) is 23.9. The summed E-state index contributed by atoms with van der Waals surface area (Å²) in [5, 5.41) is 15.6. The highest BCUT2D eigenvalue weighted by Crippen LogP contribution is 2.45. The number of amides is 2. The quantitative estimate of drug-likeness (QED) is 0.678. The van der Waals surface area contributed by atoms with Gasteiger partial charge in [0.2, 0.25) is 0 Å². The van der Waals surface area contributed by atoms with E-state index in [4.69, 9.17) is 9.47 Å². The molecule has 0 saturated heterocycles. The first-order chi connectivity index (χ1) is 14.5. The van der Waals surface area contributed by atoms with Crippen LogP contribution in [0.5, 0.6) is 11.5 Å². The summed E-state index contributed by atoms with van der Waals surface area (Å²) in [7, 11) is 3.12. The molecule has 7 heteroatoms. The third kappa shape index (κ3) is 3.61. The van der Waals surface area contributed by atoms with Gasteiger partial charge >= 0.3 is 0 Å². The van der Waals surface area contributed by atoms with Crippen molar-refractivity contribution in [3.8, 4) is 11.5 Å². The second-order valence-electron chi connectivity index (χ2n) is 7.91. The van der Waals surface area contributed by atoms with Crippen molar-refractivity contribution < 1.29 is 24.2 Å². The molecule has 1 saturated carbocycles. The molecule has 2 amide bonds. The molecule has 0 unspecified atom stereocenters. The molecule has 0 aromatic heterocycles. The Morgan fingerprint density at radius 1 is 1.23 bits per heavy atom. The summed E-state index contributed by atoms with van der Waals surface area (Å²) >= 11 is 0. The van der Waals surface area contributed by atoms with Crippen LogP contribution in [0.4, 0.5) is 0 Å². The first kappa shape index (κ1) is 20.2. The topological polar surface area (TPSA) is 96.9 Å². The van der Waals surface area contributed by atoms with Gasteiger partial charge < -0.3 is 25.2 Å². The zero-order valence-electron chi connectivity index (χ0n) is 17.3. The Balaban J connectivity index is 1.81. The van der Waals surface area contributed by atoms with E-state index in [1.807, 2.05) is 24.3 Å². The van der Waals surface area contributed by atoms with Gasteiger partial charge in [0, 0.05) is 24.2 Å². The van der Waals surface area contributed by atoms with Gasteiger partial charge in [0.25, 0.3) is 11.8 Å². The number of rotatable bonds is 6. The molecule has 0 radical (unpaired) electrons. The molecule has 1 fully saturated rings. The number of nitrogens with one attached hydrogen (secondary N) is 2. The highest BCUT2D eigenvalue weighted by atomic mass is 16.5. The lowest BCUT2D eigenvalue weighted by atomic mass is 9.86. The minimum atomic E-state index is -0.572. The molecular formula is C23H26N2O5. The van der Waals surface area contributed by atoms with Crippen LogP contribution in [0.2, 0.25) is 0 Å². The number of aliphatic hydroxyl groups excluding tert-OH is 1. The molecule has 30 heavy (non-hydrogen) atoms. The summed E-state index contributed by atoms with van der Waals surface area (Å²) in [5.41, 5.74) is 2.27. The van der Waals surface area contributed by atoms with Crippen LogP contribution in [0.25, 0.3) is 0 Å². The summed E-state index contributed by atoms with van der Waals surface area (Å²) in [5.74, 6) is 0.653. The molecule has 7 nitrogen and oxygen atoms in total. The summed E-state index contributed by atoms with van der Waals surface area (Å²) < 4.78 is 11.4. The zero-order chi connectivity index (χ0) is 21.4. The standard InChI is InChI=1S/C23H26N2O5/c1-12-7-18(12)25-22(27)14-9-16-20(13-5-4-6-15(8-13)29-3)19(11-26)30-21(16)17(10-14)23(28)24-2/h4-6,8-10,12,18-20,26H,7,11H2,1-3H3,(H,24,28)(H,25,27)/t12-,18-,19+,20-/m0/s1. The number of fused-ring (bicyclic) bond motifs is 1. The fraction of sp³-hybridized carbons (Fsp3) is 0.391. The maximum Gasteiger partial charge on any atom is 0.254 e. The van der Waals surface area contributed by atoms with E-state index >= 15 is 0 Å². The average molecular weight is 410 g/mol. The zero-order valence-corrected chi connectivity index (χ0v) is 17.3. The third-order valence-electron chi connectivity index (χ3n) is 5.89. The van der Waals surface area contributed by atoms with E-state index < -0.39 is 6.10 Å². The Morgan fingerprint density at radius 2 is 2.00 bits per heavy atom. The van der Waals surface area contributed by atoms with Crippen molar-refractivity contribution in [3.63, 3.8) is 0 Å². The predicted octanol–water partition coefficient (Wildman–Crippen LogP) is 2.08. The maximum atomic E-state index is 12.8. The number of carbonyl (C=O) groups is 2. The van der Waals surface area contributed by atoms with Gasteiger partial charge in [-0.15, -0.1) is 0 Å². The van der Waals surface area contributed by atoms with Crippen molar-refractivity contribution in [2.24, 2.45) is 5.92 Å². The summed E-state index contributed by atoms with van der Waals surface area (Å²) in [6, 6.07) is 11.0. The first-order valence-electron chi connectivity index (χ1n) is 10.1. The molecule has 158 valence electrons. The Hall–Kier alpha value is -3.06. The van der Waals surface area contributed by atoms with Crippen molar-refractivity contribution in [3.05, 3.63) is 58.7 Å². The molecule has 1 aliphatic heterocycles. The van der Waals surface area contributed by atoms with Gasteiger partial charge in [-0.3, -0.25) is 9.59 Å². The Labute approximate surface area is 175 Å². The van der Waals surface area contributed by atoms with Crippen LogP contribution >= 0.6 is 0 Å². The van der Waals surface area contributed by atoms with Crippen LogP contribution in [0.1, 0.15) is 51.1 Å². The van der Waals surface area contributed by atoms with E-state index in [9.17, 15) is 14.7 Å². The van der Waals surface area contributed by atoms with Gasteiger partial charge in [-0.05, 0) is 42.2 Å². The van der Waals surface area contributed by atoms with Crippen molar-refractivity contribution >= 4 is 11.8 Å². The second-order valence-corrected chi connectivity index (χ2v) is 7.91. The van der Waals surface area contributed by atoms with Gasteiger partial charge in [0.15, 0.2) is 0 Å². The molecule has 2 aliphatic rings. The average Bonchev–Trinajstić information content (AvgIpc) is 3.32. The molecule has 3 N–H and O–H groups in total. The van der Waals surface area contributed by atoms with E-state index in [2.05, 4.69) is 17.6 Å². The first-order valence-corrected chi connectivity index (χ1v) is 10.1.